The summed E-state index contributed by atoms with van der Waals surface area (Å²) < 4.78 is 5.98. The van der Waals surface area contributed by atoms with Crippen LogP contribution in [0.1, 0.15) is 37.4 Å². The van der Waals surface area contributed by atoms with Crippen molar-refractivity contribution in [3.8, 4) is 5.75 Å². The lowest BCUT2D eigenvalue weighted by Gasteiger charge is -2.14. The van der Waals surface area contributed by atoms with Gasteiger partial charge in [-0.1, -0.05) is 18.2 Å². The molecule has 0 heterocycles. The SMILES string of the molecule is NC(=O)[C@@H](O)c1ccc2cc(OC3CCCC3)ccc2c1. The number of primary amides is 1. The van der Waals surface area contributed by atoms with Crippen molar-refractivity contribution < 1.29 is 14.6 Å². The van der Waals surface area contributed by atoms with Gasteiger partial charge in [0.25, 0.3) is 5.91 Å². The highest BCUT2D eigenvalue weighted by Gasteiger charge is 2.17. The lowest BCUT2D eigenvalue weighted by Crippen LogP contribution is -2.20. The van der Waals surface area contributed by atoms with Crippen molar-refractivity contribution in [2.24, 2.45) is 5.73 Å². The third-order valence-corrected chi connectivity index (χ3v) is 4.03. The van der Waals surface area contributed by atoms with Gasteiger partial charge in [0.05, 0.1) is 6.10 Å². The Morgan fingerprint density at radius 1 is 1.14 bits per heavy atom. The molecule has 0 saturated heterocycles. The molecule has 1 aliphatic carbocycles. The third-order valence-electron chi connectivity index (χ3n) is 4.03. The van der Waals surface area contributed by atoms with Gasteiger partial charge in [-0.2, -0.15) is 0 Å². The second kappa shape index (κ2) is 5.74. The van der Waals surface area contributed by atoms with E-state index in [-0.39, 0.29) is 0 Å². The predicted molar refractivity (Wildman–Crippen MR) is 81.0 cm³/mol. The number of amides is 1. The molecule has 1 atom stereocenters. The number of ether oxygens (including phenoxy) is 1. The van der Waals surface area contributed by atoms with Crippen LogP contribution in [0.15, 0.2) is 36.4 Å². The Hall–Kier alpha value is -2.07. The molecule has 1 fully saturated rings. The predicted octanol–water partition coefficient (Wildman–Crippen LogP) is 2.68. The molecular formula is C17H19NO3. The maximum atomic E-state index is 11.0. The number of aliphatic hydroxyl groups is 1. The lowest BCUT2D eigenvalue weighted by atomic mass is 10.0. The molecule has 1 amide bonds. The first-order valence-electron chi connectivity index (χ1n) is 7.31. The summed E-state index contributed by atoms with van der Waals surface area (Å²) in [6, 6.07) is 11.2. The van der Waals surface area contributed by atoms with Gasteiger partial charge >= 0.3 is 0 Å². The first kappa shape index (κ1) is 13.9. The van der Waals surface area contributed by atoms with Crippen molar-refractivity contribution in [1.29, 1.82) is 0 Å². The second-order valence-corrected chi connectivity index (χ2v) is 5.60. The molecule has 0 radical (unpaired) electrons. The zero-order valence-electron chi connectivity index (χ0n) is 11.8. The molecule has 4 nitrogen and oxygen atoms in total. The van der Waals surface area contributed by atoms with Crippen LogP contribution in [0, 0.1) is 0 Å². The van der Waals surface area contributed by atoms with E-state index in [2.05, 4.69) is 0 Å². The van der Waals surface area contributed by atoms with Crippen LogP contribution in [0.5, 0.6) is 5.75 Å². The molecule has 0 spiro atoms. The molecule has 3 N–H and O–H groups in total. The minimum Gasteiger partial charge on any atom is -0.490 e. The van der Waals surface area contributed by atoms with Crippen LogP contribution in [0.25, 0.3) is 10.8 Å². The van der Waals surface area contributed by atoms with E-state index in [1.54, 1.807) is 12.1 Å². The van der Waals surface area contributed by atoms with Crippen LogP contribution in [0.4, 0.5) is 0 Å². The number of nitrogens with two attached hydrogens (primary N) is 1. The number of aliphatic hydroxyl groups excluding tert-OH is 1. The van der Waals surface area contributed by atoms with Gasteiger partial charge in [-0.3, -0.25) is 4.79 Å². The summed E-state index contributed by atoms with van der Waals surface area (Å²) in [5, 5.41) is 11.7. The summed E-state index contributed by atoms with van der Waals surface area (Å²) in [4.78, 5) is 11.0. The van der Waals surface area contributed by atoms with Gasteiger partial charge in [0.1, 0.15) is 5.75 Å². The number of carbonyl (C=O) groups excluding carboxylic acids is 1. The molecule has 0 aromatic heterocycles. The summed E-state index contributed by atoms with van der Waals surface area (Å²) in [5.41, 5.74) is 5.63. The van der Waals surface area contributed by atoms with E-state index >= 15 is 0 Å². The fourth-order valence-corrected chi connectivity index (χ4v) is 2.85. The van der Waals surface area contributed by atoms with Gasteiger partial charge in [-0.05, 0) is 60.2 Å². The molecule has 3 rings (SSSR count). The number of carbonyl (C=O) groups is 1. The Kier molecular flexibility index (Phi) is 3.80. The van der Waals surface area contributed by atoms with E-state index in [0.717, 1.165) is 29.4 Å². The van der Waals surface area contributed by atoms with Crippen molar-refractivity contribution in [2.45, 2.75) is 37.9 Å². The van der Waals surface area contributed by atoms with Gasteiger partial charge in [0, 0.05) is 0 Å². The molecular weight excluding hydrogens is 266 g/mol. The monoisotopic (exact) mass is 285 g/mol. The van der Waals surface area contributed by atoms with Gasteiger partial charge in [0.2, 0.25) is 0 Å². The summed E-state index contributed by atoms with van der Waals surface area (Å²) in [7, 11) is 0. The van der Waals surface area contributed by atoms with Crippen molar-refractivity contribution >= 4 is 16.7 Å². The van der Waals surface area contributed by atoms with E-state index in [0.29, 0.717) is 11.7 Å². The van der Waals surface area contributed by atoms with Gasteiger partial charge < -0.3 is 15.6 Å². The van der Waals surface area contributed by atoms with Crippen molar-refractivity contribution in [1.82, 2.24) is 0 Å². The molecule has 0 bridgehead atoms. The highest BCUT2D eigenvalue weighted by atomic mass is 16.5. The van der Waals surface area contributed by atoms with E-state index in [4.69, 9.17) is 10.5 Å². The zero-order chi connectivity index (χ0) is 14.8. The quantitative estimate of drug-likeness (QED) is 0.907. The highest BCUT2D eigenvalue weighted by Crippen LogP contribution is 2.28. The first-order chi connectivity index (χ1) is 10.1. The minimum absolute atomic E-state index is 0.332. The summed E-state index contributed by atoms with van der Waals surface area (Å²) >= 11 is 0. The average Bonchev–Trinajstić information content (AvgIpc) is 2.98. The van der Waals surface area contributed by atoms with Crippen molar-refractivity contribution in [3.05, 3.63) is 42.0 Å². The van der Waals surface area contributed by atoms with Crippen LogP contribution in [-0.2, 0) is 4.79 Å². The summed E-state index contributed by atoms with van der Waals surface area (Å²) in [6.45, 7) is 0. The first-order valence-corrected chi connectivity index (χ1v) is 7.31. The number of hydrogen-bond donors (Lipinski definition) is 2. The van der Waals surface area contributed by atoms with Crippen LogP contribution in [-0.4, -0.2) is 17.1 Å². The van der Waals surface area contributed by atoms with Crippen LogP contribution < -0.4 is 10.5 Å². The van der Waals surface area contributed by atoms with E-state index in [9.17, 15) is 9.90 Å². The Morgan fingerprint density at radius 3 is 2.52 bits per heavy atom. The minimum atomic E-state index is -1.26. The summed E-state index contributed by atoms with van der Waals surface area (Å²) in [6.07, 6.45) is 3.81. The molecule has 0 unspecified atom stereocenters. The Bertz CT molecular complexity index is 662. The standard InChI is InChI=1S/C17H19NO3/c18-17(20)16(19)13-6-5-12-10-15(8-7-11(12)9-13)21-14-3-1-2-4-14/h5-10,14,16,19H,1-4H2,(H2,18,20)/t16-/m0/s1. The molecule has 4 heteroatoms. The zero-order valence-corrected chi connectivity index (χ0v) is 11.8. The van der Waals surface area contributed by atoms with Crippen LogP contribution in [0.2, 0.25) is 0 Å². The number of rotatable bonds is 4. The van der Waals surface area contributed by atoms with Gasteiger partial charge in [-0.15, -0.1) is 0 Å². The van der Waals surface area contributed by atoms with Gasteiger partial charge in [0.15, 0.2) is 6.10 Å². The molecule has 0 aliphatic heterocycles. The smallest absolute Gasteiger partial charge is 0.250 e. The molecule has 110 valence electrons. The van der Waals surface area contributed by atoms with Crippen molar-refractivity contribution in [3.63, 3.8) is 0 Å². The molecule has 21 heavy (non-hydrogen) atoms. The Balaban J connectivity index is 1.85. The fourth-order valence-electron chi connectivity index (χ4n) is 2.85. The molecule has 2 aromatic carbocycles. The van der Waals surface area contributed by atoms with Crippen LogP contribution in [0.3, 0.4) is 0 Å². The maximum absolute atomic E-state index is 11.0. The Morgan fingerprint density at radius 2 is 1.81 bits per heavy atom. The third kappa shape index (κ3) is 3.00. The molecule has 1 saturated carbocycles. The lowest BCUT2D eigenvalue weighted by molar-refractivity contribution is -0.126. The average molecular weight is 285 g/mol. The normalized spacial score (nSPS) is 17.0. The highest BCUT2D eigenvalue weighted by molar-refractivity contribution is 5.87. The van der Waals surface area contributed by atoms with Gasteiger partial charge in [-0.25, -0.2) is 0 Å². The summed E-state index contributed by atoms with van der Waals surface area (Å²) in [5.74, 6) is 0.133. The number of benzene rings is 2. The molecule has 1 aliphatic rings. The second-order valence-electron chi connectivity index (χ2n) is 5.60. The molecule has 2 aromatic rings. The Labute approximate surface area is 123 Å². The largest absolute Gasteiger partial charge is 0.490 e. The van der Waals surface area contributed by atoms with Crippen LogP contribution >= 0.6 is 0 Å². The van der Waals surface area contributed by atoms with E-state index in [1.165, 1.54) is 12.8 Å². The van der Waals surface area contributed by atoms with Crippen molar-refractivity contribution in [2.75, 3.05) is 0 Å². The number of fused-ring (bicyclic) bond motifs is 1. The fraction of sp³-hybridized carbons (Fsp3) is 0.353. The topological polar surface area (TPSA) is 72.6 Å². The maximum Gasteiger partial charge on any atom is 0.250 e. The van der Waals surface area contributed by atoms with E-state index in [1.807, 2.05) is 24.3 Å². The van der Waals surface area contributed by atoms with E-state index < -0.39 is 12.0 Å². The number of hydrogen-bond acceptors (Lipinski definition) is 3.